The van der Waals surface area contributed by atoms with E-state index < -0.39 is 0 Å². The molecule has 2 N–H and O–H groups in total. The van der Waals surface area contributed by atoms with Crippen LogP contribution in [0.4, 0.5) is 5.69 Å². The van der Waals surface area contributed by atoms with Crippen LogP contribution in [0.2, 0.25) is 10.0 Å². The highest BCUT2D eigenvalue weighted by atomic mass is 35.5. The molecule has 206 valence electrons. The van der Waals surface area contributed by atoms with Gasteiger partial charge in [0, 0.05) is 29.1 Å². The molecule has 2 aromatic carbocycles. The van der Waals surface area contributed by atoms with Crippen LogP contribution in [-0.2, 0) is 9.59 Å². The third kappa shape index (κ3) is 8.34. The number of ketones is 1. The molecule has 2 fully saturated rings. The molecule has 2 aromatic rings. The maximum Gasteiger partial charge on any atom is 0.239 e. The van der Waals surface area contributed by atoms with Crippen molar-refractivity contribution in [3.8, 4) is 11.5 Å². The van der Waals surface area contributed by atoms with Gasteiger partial charge in [-0.05, 0) is 100 Å². The predicted octanol–water partition coefficient (Wildman–Crippen LogP) is 5.01. The van der Waals surface area contributed by atoms with Crippen LogP contribution < -0.4 is 20.3 Å². The average molecular weight is 562 g/mol. The largest absolute Gasteiger partial charge is 0.455 e. The van der Waals surface area contributed by atoms with Crippen LogP contribution in [0.5, 0.6) is 11.5 Å². The van der Waals surface area contributed by atoms with Crippen molar-refractivity contribution < 1.29 is 14.3 Å². The zero-order valence-electron chi connectivity index (χ0n) is 22.1. The van der Waals surface area contributed by atoms with Crippen LogP contribution in [0.25, 0.3) is 0 Å². The lowest BCUT2D eigenvalue weighted by atomic mass is 9.83. The number of nitrogens with zero attached hydrogens (tertiary/aromatic N) is 2. The molecule has 1 unspecified atom stereocenters. The minimum absolute atomic E-state index is 0.0298. The van der Waals surface area contributed by atoms with E-state index in [1.165, 1.54) is 12.8 Å². The fourth-order valence-corrected chi connectivity index (χ4v) is 5.50. The maximum absolute atomic E-state index is 13.5. The molecule has 1 atom stereocenters. The van der Waals surface area contributed by atoms with Gasteiger partial charge >= 0.3 is 0 Å². The molecular formula is C29H38Cl2N4O3. The van der Waals surface area contributed by atoms with Gasteiger partial charge in [-0.3, -0.25) is 9.59 Å². The lowest BCUT2D eigenvalue weighted by Gasteiger charge is -2.31. The Hall–Kier alpha value is -2.32. The second-order valence-corrected chi connectivity index (χ2v) is 11.1. The molecule has 0 saturated carbocycles. The molecule has 2 heterocycles. The normalized spacial score (nSPS) is 17.2. The zero-order valence-corrected chi connectivity index (χ0v) is 23.6. The molecule has 2 aliphatic rings. The summed E-state index contributed by atoms with van der Waals surface area (Å²) in [5, 5.41) is 7.51. The molecule has 1 amide bonds. The number of anilines is 1. The van der Waals surface area contributed by atoms with Gasteiger partial charge in [0.2, 0.25) is 5.91 Å². The number of hydrogen-bond acceptors (Lipinski definition) is 6. The van der Waals surface area contributed by atoms with Gasteiger partial charge in [-0.15, -0.1) is 0 Å². The van der Waals surface area contributed by atoms with E-state index in [4.69, 9.17) is 27.9 Å². The summed E-state index contributed by atoms with van der Waals surface area (Å²) in [5.41, 5.74) is 0.605. The number of ether oxygens (including phenoxy) is 1. The van der Waals surface area contributed by atoms with Crippen molar-refractivity contribution in [2.45, 2.75) is 32.6 Å². The minimum atomic E-state index is -0.135. The number of carbonyl (C=O) groups is 2. The molecule has 0 spiro atoms. The molecule has 0 aromatic heterocycles. The van der Waals surface area contributed by atoms with E-state index >= 15 is 0 Å². The summed E-state index contributed by atoms with van der Waals surface area (Å²) in [4.78, 5) is 30.7. The van der Waals surface area contributed by atoms with Gasteiger partial charge in [0.05, 0.1) is 18.8 Å². The molecule has 2 aliphatic heterocycles. The van der Waals surface area contributed by atoms with E-state index in [0.717, 1.165) is 45.6 Å². The predicted molar refractivity (Wildman–Crippen MR) is 154 cm³/mol. The summed E-state index contributed by atoms with van der Waals surface area (Å²) in [6.45, 7) is 7.57. The number of amides is 1. The quantitative estimate of drug-likeness (QED) is 0.380. The second-order valence-electron chi connectivity index (χ2n) is 10.3. The lowest BCUT2D eigenvalue weighted by molar-refractivity contribution is -0.123. The lowest BCUT2D eigenvalue weighted by Crippen LogP contribution is -2.44. The Bertz CT molecular complexity index is 1070. The van der Waals surface area contributed by atoms with Gasteiger partial charge in [0.15, 0.2) is 11.5 Å². The maximum atomic E-state index is 13.5. The number of carbonyl (C=O) groups excluding carboxylic acids is 2. The van der Waals surface area contributed by atoms with Crippen LogP contribution in [-0.4, -0.2) is 68.9 Å². The van der Waals surface area contributed by atoms with Crippen molar-refractivity contribution in [3.05, 3.63) is 52.5 Å². The summed E-state index contributed by atoms with van der Waals surface area (Å²) in [5.74, 6) is 1.33. The van der Waals surface area contributed by atoms with Crippen molar-refractivity contribution in [1.29, 1.82) is 0 Å². The van der Waals surface area contributed by atoms with E-state index in [0.29, 0.717) is 39.7 Å². The second kappa shape index (κ2) is 14.2. The first-order valence-corrected chi connectivity index (χ1v) is 14.3. The molecule has 0 aliphatic carbocycles. The Morgan fingerprint density at radius 3 is 2.45 bits per heavy atom. The van der Waals surface area contributed by atoms with E-state index in [1.807, 2.05) is 6.92 Å². The van der Waals surface area contributed by atoms with Gasteiger partial charge in [0.25, 0.3) is 0 Å². The number of Topliss-reactive ketones (excluding diaryl/α,β-unsaturated/α-hetero) is 1. The average Bonchev–Trinajstić information content (AvgIpc) is 3.44. The monoisotopic (exact) mass is 560 g/mol. The third-order valence-corrected chi connectivity index (χ3v) is 8.02. The van der Waals surface area contributed by atoms with Crippen molar-refractivity contribution in [2.75, 3.05) is 57.3 Å². The number of piperidine rings is 1. The van der Waals surface area contributed by atoms with Crippen molar-refractivity contribution in [2.24, 2.45) is 11.8 Å². The highest BCUT2D eigenvalue weighted by Gasteiger charge is 2.28. The number of nitrogens with one attached hydrogen (secondary N) is 2. The van der Waals surface area contributed by atoms with Crippen LogP contribution in [0.15, 0.2) is 42.5 Å². The van der Waals surface area contributed by atoms with Crippen molar-refractivity contribution >= 4 is 40.6 Å². The van der Waals surface area contributed by atoms with E-state index in [1.54, 1.807) is 47.4 Å². The Kier molecular flexibility index (Phi) is 10.7. The standard InChI is InChI=1S/C29H38Cl2N4O3/c1-21(22-10-12-32-13-11-22)27(36)19-35(20-29(37)33-14-17-34-15-2-3-16-34)26-18-24(31)6-9-28(26)38-25-7-4-23(30)5-8-25/h4-9,18,21-22,32H,2-3,10-17,19-20H2,1H3,(H,33,37). The van der Waals surface area contributed by atoms with Gasteiger partial charge in [-0.25, -0.2) is 0 Å². The number of benzene rings is 2. The summed E-state index contributed by atoms with van der Waals surface area (Å²) >= 11 is 12.4. The van der Waals surface area contributed by atoms with Crippen molar-refractivity contribution in [1.82, 2.24) is 15.5 Å². The highest BCUT2D eigenvalue weighted by molar-refractivity contribution is 6.31. The van der Waals surface area contributed by atoms with Crippen LogP contribution in [0, 0.1) is 11.8 Å². The topological polar surface area (TPSA) is 73.9 Å². The third-order valence-electron chi connectivity index (χ3n) is 7.53. The van der Waals surface area contributed by atoms with Gasteiger partial charge in [-0.2, -0.15) is 0 Å². The number of likely N-dealkylation sites (tertiary alicyclic amines) is 1. The van der Waals surface area contributed by atoms with Gasteiger partial charge in [-0.1, -0.05) is 30.1 Å². The summed E-state index contributed by atoms with van der Waals surface area (Å²) in [7, 11) is 0. The zero-order chi connectivity index (χ0) is 26.9. The SMILES string of the molecule is CC(C(=O)CN(CC(=O)NCCN1CCCC1)c1cc(Cl)ccc1Oc1ccc(Cl)cc1)C1CCNCC1. The smallest absolute Gasteiger partial charge is 0.239 e. The Morgan fingerprint density at radius 1 is 1.05 bits per heavy atom. The molecule has 7 nitrogen and oxygen atoms in total. The number of rotatable bonds is 12. The molecule has 0 radical (unpaired) electrons. The number of hydrogen-bond donors (Lipinski definition) is 2. The van der Waals surface area contributed by atoms with Gasteiger partial charge in [0.1, 0.15) is 5.75 Å². The Morgan fingerprint density at radius 2 is 1.74 bits per heavy atom. The summed E-state index contributed by atoms with van der Waals surface area (Å²) in [6, 6.07) is 12.3. The summed E-state index contributed by atoms with van der Waals surface area (Å²) < 4.78 is 6.17. The first-order chi connectivity index (χ1) is 18.4. The number of halogens is 2. The molecule has 38 heavy (non-hydrogen) atoms. The molecular weight excluding hydrogens is 523 g/mol. The first-order valence-electron chi connectivity index (χ1n) is 13.6. The molecule has 4 rings (SSSR count). The molecule has 9 heteroatoms. The Balaban J connectivity index is 1.51. The van der Waals surface area contributed by atoms with Crippen LogP contribution in [0.1, 0.15) is 32.6 Å². The fraction of sp³-hybridized carbons (Fsp3) is 0.517. The van der Waals surface area contributed by atoms with Crippen LogP contribution >= 0.6 is 23.2 Å². The summed E-state index contributed by atoms with van der Waals surface area (Å²) in [6.07, 6.45) is 4.38. The fourth-order valence-electron chi connectivity index (χ4n) is 5.21. The minimum Gasteiger partial charge on any atom is -0.455 e. The van der Waals surface area contributed by atoms with E-state index in [9.17, 15) is 9.59 Å². The van der Waals surface area contributed by atoms with Gasteiger partial charge < -0.3 is 25.2 Å². The highest BCUT2D eigenvalue weighted by Crippen LogP contribution is 2.35. The van der Waals surface area contributed by atoms with Crippen molar-refractivity contribution in [3.63, 3.8) is 0 Å². The van der Waals surface area contributed by atoms with Crippen LogP contribution in [0.3, 0.4) is 0 Å². The van der Waals surface area contributed by atoms with E-state index in [2.05, 4.69) is 15.5 Å². The molecule has 0 bridgehead atoms. The Labute approximate surface area is 235 Å². The van der Waals surface area contributed by atoms with E-state index in [-0.39, 0.29) is 30.7 Å². The first kappa shape index (κ1) is 28.7. The molecule has 2 saturated heterocycles.